The van der Waals surface area contributed by atoms with E-state index in [1.54, 1.807) is 24.3 Å². The van der Waals surface area contributed by atoms with Gasteiger partial charge in [-0.05, 0) is 370 Å². The molecule has 0 spiro atoms. The van der Waals surface area contributed by atoms with Gasteiger partial charge in [-0.3, -0.25) is 54.0 Å². The molecule has 770 valence electrons. The normalized spacial score (nSPS) is 16.0. The predicted molar refractivity (Wildman–Crippen MR) is 581 cm³/mol. The number of rotatable bonds is 28. The number of hydrogen-bond acceptors (Lipinski definition) is 12. The van der Waals surface area contributed by atoms with Crippen molar-refractivity contribution in [1.29, 1.82) is 0 Å². The van der Waals surface area contributed by atoms with Crippen LogP contribution in [-0.4, -0.2) is 204 Å². The van der Waals surface area contributed by atoms with Gasteiger partial charge in [0.1, 0.15) is 11.6 Å². The number of likely N-dealkylation sites (tertiary alicyclic amines) is 3. The number of aryl methyl sites for hydroxylation is 6. The average Bonchev–Trinajstić information content (AvgIpc) is 1.35. The molecule has 0 atom stereocenters. The molecule has 0 bridgehead atoms. The predicted octanol–water partition coefficient (Wildman–Crippen LogP) is 24.9. The number of benzene rings is 6. The van der Waals surface area contributed by atoms with Gasteiger partial charge in [-0.2, -0.15) is 18.2 Å². The number of ketones is 3. The Morgan fingerprint density at radius 3 is 1.26 bits per heavy atom. The first-order valence-corrected chi connectivity index (χ1v) is 52.6. The molecule has 5 aliphatic rings. The number of aliphatic imine (C=N–C) groups is 1. The van der Waals surface area contributed by atoms with Crippen LogP contribution in [0.4, 0.5) is 8.78 Å². The molecule has 144 heavy (non-hydrogen) atoms. The summed E-state index contributed by atoms with van der Waals surface area (Å²) >= 11 is 12.0. The number of likely N-dealkylation sites (N-methyl/N-ethyl adjacent to an activating group) is 1. The largest absolute Gasteiger partial charge is 0.375 e. The summed E-state index contributed by atoms with van der Waals surface area (Å²) in [6.07, 6.45) is 17.4. The van der Waals surface area contributed by atoms with E-state index >= 15 is 0 Å². The Bertz CT molecular complexity index is 6070. The number of ether oxygens (including phenoxy) is 1. The summed E-state index contributed by atoms with van der Waals surface area (Å²) in [5.74, 6) is 1.57. The fourth-order valence-corrected chi connectivity index (χ4v) is 21.1. The van der Waals surface area contributed by atoms with Crippen molar-refractivity contribution in [3.63, 3.8) is 0 Å². The summed E-state index contributed by atoms with van der Waals surface area (Å²) in [4.78, 5) is 77.4. The molecular formula is C119H153Cl2F2N14O6W-. The van der Waals surface area contributed by atoms with Crippen molar-refractivity contribution in [3.05, 3.63) is 318 Å². The van der Waals surface area contributed by atoms with Crippen LogP contribution in [0, 0.1) is 98.8 Å². The summed E-state index contributed by atoms with van der Waals surface area (Å²) in [5, 5.41) is 6.68. The third kappa shape index (κ3) is 30.2. The van der Waals surface area contributed by atoms with Crippen LogP contribution in [0.25, 0.3) is 34.1 Å². The average molecular weight is 2170 g/mol. The maximum Gasteiger partial charge on any atom is 0.267 e. The smallest absolute Gasteiger partial charge is 0.267 e. The van der Waals surface area contributed by atoms with Crippen molar-refractivity contribution < 1.29 is 58.6 Å². The molecule has 20 nitrogen and oxygen atoms in total. The van der Waals surface area contributed by atoms with Crippen LogP contribution >= 0.6 is 23.2 Å². The minimum absolute atomic E-state index is 0. The van der Waals surface area contributed by atoms with Crippen molar-refractivity contribution in [1.82, 2.24) is 62.8 Å². The van der Waals surface area contributed by atoms with E-state index in [0.29, 0.717) is 41.8 Å². The molecule has 17 rings (SSSR count). The van der Waals surface area contributed by atoms with Gasteiger partial charge in [-0.1, -0.05) is 95.1 Å². The van der Waals surface area contributed by atoms with Crippen molar-refractivity contribution in [2.45, 2.75) is 239 Å². The van der Waals surface area contributed by atoms with Crippen molar-refractivity contribution in [2.75, 3.05) is 98.7 Å². The van der Waals surface area contributed by atoms with Crippen LogP contribution < -0.4 is 10.7 Å². The van der Waals surface area contributed by atoms with Crippen LogP contribution in [0.5, 0.6) is 0 Å². The molecule has 4 aliphatic heterocycles. The number of aromatic nitrogens is 6. The van der Waals surface area contributed by atoms with E-state index in [1.165, 1.54) is 111 Å². The van der Waals surface area contributed by atoms with Gasteiger partial charge in [0.25, 0.3) is 11.8 Å². The maximum atomic E-state index is 13.3. The standard InChI is InChI=1S/C22H29N2O2.C20H25ClN2O.C20H25FN2O.C20H27N3.C19H24ClN3O.C18H23FN2O.W/c1-16(2)26-20-10-12-23(13-11-20)15-22(25)21-14-17(3)24(18(21)4)19-8-6-5-7-9-19;1-13-4-8-17(9-5-13)22-20(24)19-12-14(2)23(15(19)3)18-10-6-16(21)7-11-18;1-3-16-13-18(20(24)14-22-11-5-6-12-22)19(4-2)23(16)17-9-7-15(21)8-10-17;1-16-14-19(17(2)23(16)18-10-6-4-7-11-18)20(21-3)15-22-12-8-5-9-13-22;1-13-8-10-22(11-9-13)21-19(24)18-12-14(2)23(15(18)3)17-6-4-16(20)5-7-17;1-5-20(6-2)12-18(22)17-11-13(3)21(14(17)4)16-9-7-15(19)8-10-16;/h6-9,14,16,20H,10-13,15H2,1-4H3;6-7,10-13,17H,4-5,8-9H2,1-3H3,(H,22,24);7-10,13H,3-6,11-12,14H2,1-2H3;4,6-7,10-11,14H,5,8-9,12-13,15H2,1-3H3;4-7,12-13H,8-11H2,1-3H3,(H,21,24);7-11H,5-6,12H2,1-4H3;/q-1;;;;;;. The van der Waals surface area contributed by atoms with Gasteiger partial charge in [0.15, 0.2) is 17.3 Å². The zero-order valence-electron chi connectivity index (χ0n) is 88.5. The number of halogens is 4. The molecule has 25 heteroatoms. The molecule has 1 aliphatic carbocycles. The number of carbonyl (C=O) groups excluding carboxylic acids is 5. The molecule has 12 aromatic rings. The molecule has 2 amide bonds. The molecule has 0 radical (unpaired) electrons. The number of amides is 2. The van der Waals surface area contributed by atoms with Gasteiger partial charge >= 0.3 is 0 Å². The first-order chi connectivity index (χ1) is 68.7. The van der Waals surface area contributed by atoms with E-state index in [-0.39, 0.29) is 68.0 Å². The second-order valence-corrected chi connectivity index (χ2v) is 40.4. The number of nitrogens with zero attached hydrogens (tertiary/aromatic N) is 12. The van der Waals surface area contributed by atoms with Gasteiger partial charge in [-0.25, -0.2) is 13.8 Å². The second kappa shape index (κ2) is 54.8. The molecule has 6 aromatic carbocycles. The maximum absolute atomic E-state index is 13.3. The number of nitrogens with one attached hydrogen (secondary N) is 2. The Morgan fingerprint density at radius 1 is 0.424 bits per heavy atom. The van der Waals surface area contributed by atoms with E-state index in [2.05, 4.69) is 177 Å². The minimum Gasteiger partial charge on any atom is -0.375 e. The molecule has 1 saturated carbocycles. The van der Waals surface area contributed by atoms with Crippen molar-refractivity contribution in [3.8, 4) is 34.1 Å². The Hall–Kier alpha value is -10.5. The SMILES string of the molecule is CCN(CC)CC(=O)c1cc(C)n(-c2ccc(F)cc2)c1C.CCc1cc(C(=O)CN2CCCC2)c(CC)n1-c1ccc(F)cc1.CN=C(CN1CCCCC1)c1cc(C)n(-c2ccccc2)c1C.Cc1cc(C(=O)CN2CCC(OC(C)C)CC2)c(C)n1-c1cc[c-]cc1.Cc1cc(C(=O)NC2CCC(C)CC2)c(C)n1-c1ccc(Cl)cc1.Cc1cc(C(=O)NN2CCC(C)CC2)c(C)n1-c1ccc(Cl)cc1.[W]. The third-order valence-electron chi connectivity index (χ3n) is 28.7. The number of para-hydroxylation sites is 1. The molecule has 4 saturated heterocycles. The van der Waals surface area contributed by atoms with Gasteiger partial charge in [-0.15, -0.1) is 12.1 Å². The van der Waals surface area contributed by atoms with Crippen molar-refractivity contribution in [2.24, 2.45) is 16.8 Å². The summed E-state index contributed by atoms with van der Waals surface area (Å²) in [6.45, 7) is 49.6. The minimum atomic E-state index is -0.260. The van der Waals surface area contributed by atoms with Gasteiger partial charge < -0.3 is 37.5 Å². The van der Waals surface area contributed by atoms with Crippen LogP contribution in [0.2, 0.25) is 10.0 Å². The van der Waals surface area contributed by atoms with E-state index < -0.39 is 0 Å². The molecule has 0 unspecified atom stereocenters. The van der Waals surface area contributed by atoms with Crippen LogP contribution in [-0.2, 0) is 38.6 Å². The number of hydrogen-bond donors (Lipinski definition) is 2. The fraction of sp³-hybridized carbons (Fsp3) is 0.445. The van der Waals surface area contributed by atoms with E-state index in [0.717, 1.165) is 235 Å². The second-order valence-electron chi connectivity index (χ2n) is 39.6. The summed E-state index contributed by atoms with van der Waals surface area (Å²) in [7, 11) is 1.92. The summed E-state index contributed by atoms with van der Waals surface area (Å²) < 4.78 is 45.0. The van der Waals surface area contributed by atoms with Crippen molar-refractivity contribution >= 4 is 58.1 Å². The molecule has 2 N–H and O–H groups in total. The quantitative estimate of drug-likeness (QED) is 0.0271. The Kier molecular flexibility index (Phi) is 43.3. The number of carbonyl (C=O) groups is 5. The molecule has 5 fully saturated rings. The first-order valence-electron chi connectivity index (χ1n) is 51.9. The number of Topliss-reactive ketones (excluding diaryl/α,β-unsaturated/α-hetero) is 3. The van der Waals surface area contributed by atoms with Gasteiger partial charge in [0.2, 0.25) is 0 Å². The molecular weight excluding hydrogens is 2010 g/mol. The van der Waals surface area contributed by atoms with Crippen LogP contribution in [0.1, 0.15) is 265 Å². The Labute approximate surface area is 879 Å². The molecule has 6 aromatic heterocycles. The van der Waals surface area contributed by atoms with E-state index in [9.17, 15) is 32.8 Å². The van der Waals surface area contributed by atoms with Crippen LogP contribution in [0.3, 0.4) is 0 Å². The first kappa shape index (κ1) is 114. The monoisotopic (exact) mass is 2170 g/mol. The zero-order chi connectivity index (χ0) is 103. The number of hydrazine groups is 1. The third-order valence-corrected chi connectivity index (χ3v) is 29.2. The molecule has 10 heterocycles. The summed E-state index contributed by atoms with van der Waals surface area (Å²) in [6, 6.07) is 62.2. The van der Waals surface area contributed by atoms with Gasteiger partial charge in [0.05, 0.1) is 48.7 Å². The topological polar surface area (TPSA) is 177 Å². The van der Waals surface area contributed by atoms with E-state index in [4.69, 9.17) is 27.9 Å². The zero-order valence-corrected chi connectivity index (χ0v) is 93.0. The number of piperidine rings is 3. The Morgan fingerprint density at radius 2 is 0.806 bits per heavy atom. The van der Waals surface area contributed by atoms with E-state index in [1.807, 2.05) is 168 Å². The Balaban J connectivity index is 0.000000165. The summed E-state index contributed by atoms with van der Waals surface area (Å²) in [5.41, 5.74) is 28.2. The van der Waals surface area contributed by atoms with Gasteiger partial charge in [0, 0.05) is 196 Å². The fourth-order valence-electron chi connectivity index (χ4n) is 20.8. The van der Waals surface area contributed by atoms with Crippen LogP contribution in [0.15, 0.2) is 193 Å².